The highest BCUT2D eigenvalue weighted by atomic mass is 19.1. The number of allylic oxidation sites excluding steroid dienone is 1. The molecule has 0 unspecified atom stereocenters. The molecule has 0 aliphatic carbocycles. The fourth-order valence-electron chi connectivity index (χ4n) is 1.04. The van der Waals surface area contributed by atoms with Crippen molar-refractivity contribution in [3.05, 3.63) is 41.6 Å². The minimum atomic E-state index is -1.18. The van der Waals surface area contributed by atoms with Crippen molar-refractivity contribution in [2.45, 2.75) is 6.92 Å². The second-order valence-corrected chi connectivity index (χ2v) is 2.89. The first-order valence-corrected chi connectivity index (χ1v) is 4.13. The lowest BCUT2D eigenvalue weighted by atomic mass is 10.2. The number of carbonyl (C=O) groups is 1. The van der Waals surface area contributed by atoms with E-state index >= 15 is 0 Å². The molecule has 0 aliphatic rings. The summed E-state index contributed by atoms with van der Waals surface area (Å²) in [6.07, 6.45) is 0.825. The van der Waals surface area contributed by atoms with Gasteiger partial charge < -0.3 is 10.4 Å². The molecule has 0 atom stereocenters. The Morgan fingerprint density at radius 3 is 2.40 bits per heavy atom. The molecule has 80 valence electrons. The molecule has 3 nitrogen and oxygen atoms in total. The lowest BCUT2D eigenvalue weighted by molar-refractivity contribution is -0.131. The summed E-state index contributed by atoms with van der Waals surface area (Å²) in [7, 11) is 0. The highest BCUT2D eigenvalue weighted by Gasteiger charge is 2.08. The number of aliphatic carboxylic acids is 1. The van der Waals surface area contributed by atoms with Crippen LogP contribution in [0.25, 0.3) is 0 Å². The van der Waals surface area contributed by atoms with Crippen molar-refractivity contribution in [3.8, 4) is 0 Å². The average molecular weight is 213 g/mol. The molecule has 0 bridgehead atoms. The SMILES string of the molecule is C/C(=C\C(=O)O)Nc1c(F)cccc1F. The van der Waals surface area contributed by atoms with Crippen LogP contribution in [0.5, 0.6) is 0 Å². The zero-order valence-electron chi connectivity index (χ0n) is 7.92. The summed E-state index contributed by atoms with van der Waals surface area (Å²) < 4.78 is 26.1. The fraction of sp³-hybridized carbons (Fsp3) is 0.100. The second-order valence-electron chi connectivity index (χ2n) is 2.89. The number of para-hydroxylation sites is 1. The first-order valence-electron chi connectivity index (χ1n) is 4.13. The molecule has 2 N–H and O–H groups in total. The zero-order chi connectivity index (χ0) is 11.4. The number of nitrogens with one attached hydrogen (secondary N) is 1. The largest absolute Gasteiger partial charge is 0.478 e. The number of benzene rings is 1. The third-order valence-corrected chi connectivity index (χ3v) is 1.62. The molecule has 0 spiro atoms. The van der Waals surface area contributed by atoms with Gasteiger partial charge in [0.15, 0.2) is 0 Å². The van der Waals surface area contributed by atoms with E-state index in [0.29, 0.717) is 0 Å². The van der Waals surface area contributed by atoms with Crippen LogP contribution < -0.4 is 5.32 Å². The Bertz CT molecular complexity index is 396. The molecule has 0 radical (unpaired) electrons. The van der Waals surface area contributed by atoms with Gasteiger partial charge in [0.05, 0.1) is 0 Å². The van der Waals surface area contributed by atoms with Crippen molar-refractivity contribution in [3.63, 3.8) is 0 Å². The van der Waals surface area contributed by atoms with Gasteiger partial charge in [-0.3, -0.25) is 0 Å². The van der Waals surface area contributed by atoms with Crippen molar-refractivity contribution in [1.82, 2.24) is 0 Å². The average Bonchev–Trinajstić information content (AvgIpc) is 2.10. The van der Waals surface area contributed by atoms with Crippen LogP contribution in [-0.4, -0.2) is 11.1 Å². The number of halogens is 2. The van der Waals surface area contributed by atoms with E-state index in [-0.39, 0.29) is 11.4 Å². The monoisotopic (exact) mass is 213 g/mol. The quantitative estimate of drug-likeness (QED) is 0.758. The predicted molar refractivity (Wildman–Crippen MR) is 51.4 cm³/mol. The molecule has 0 aromatic heterocycles. The van der Waals surface area contributed by atoms with Gasteiger partial charge in [-0.15, -0.1) is 0 Å². The molecular formula is C10H9F2NO2. The normalized spacial score (nSPS) is 11.3. The molecule has 0 aliphatic heterocycles. The molecule has 0 heterocycles. The summed E-state index contributed by atoms with van der Waals surface area (Å²) in [6, 6.07) is 3.39. The summed E-state index contributed by atoms with van der Waals surface area (Å²) in [5.41, 5.74) is -0.209. The highest BCUT2D eigenvalue weighted by molar-refractivity contribution is 5.81. The van der Waals surface area contributed by atoms with Crippen molar-refractivity contribution in [1.29, 1.82) is 0 Å². The maximum atomic E-state index is 13.1. The number of carboxylic acids is 1. The van der Waals surface area contributed by atoms with Gasteiger partial charge in [0.1, 0.15) is 17.3 Å². The van der Waals surface area contributed by atoms with E-state index in [1.54, 1.807) is 0 Å². The van der Waals surface area contributed by atoms with E-state index in [4.69, 9.17) is 5.11 Å². The fourth-order valence-corrected chi connectivity index (χ4v) is 1.04. The molecule has 0 saturated carbocycles. The van der Waals surface area contributed by atoms with E-state index in [1.165, 1.54) is 13.0 Å². The molecule has 0 saturated heterocycles. The van der Waals surface area contributed by atoms with Gasteiger partial charge in [-0.2, -0.15) is 0 Å². The number of carboxylic acid groups (broad SMARTS) is 1. The van der Waals surface area contributed by atoms with Crippen LogP contribution in [0.4, 0.5) is 14.5 Å². The molecule has 1 aromatic rings. The van der Waals surface area contributed by atoms with Crippen molar-refractivity contribution >= 4 is 11.7 Å². The van der Waals surface area contributed by atoms with E-state index in [0.717, 1.165) is 18.2 Å². The molecule has 5 heteroatoms. The zero-order valence-corrected chi connectivity index (χ0v) is 7.92. The Labute approximate surface area is 85.0 Å². The van der Waals surface area contributed by atoms with Gasteiger partial charge in [0.25, 0.3) is 0 Å². The third-order valence-electron chi connectivity index (χ3n) is 1.62. The summed E-state index contributed by atoms with van der Waals surface area (Å²) >= 11 is 0. The van der Waals surface area contributed by atoms with Crippen LogP contribution in [0.15, 0.2) is 30.0 Å². The van der Waals surface area contributed by atoms with Gasteiger partial charge in [0, 0.05) is 11.8 Å². The van der Waals surface area contributed by atoms with Crippen molar-refractivity contribution in [2.24, 2.45) is 0 Å². The number of anilines is 1. The maximum absolute atomic E-state index is 13.1. The molecular weight excluding hydrogens is 204 g/mol. The van der Waals surface area contributed by atoms with E-state index in [1.807, 2.05) is 0 Å². The lowest BCUT2D eigenvalue weighted by Gasteiger charge is -2.07. The Hall–Kier alpha value is -1.91. The van der Waals surface area contributed by atoms with E-state index in [2.05, 4.69) is 5.32 Å². The summed E-state index contributed by atoms with van der Waals surface area (Å²) in [5, 5.41) is 10.7. The Morgan fingerprint density at radius 2 is 1.93 bits per heavy atom. The Balaban J connectivity index is 2.94. The standard InChI is InChI=1S/C10H9F2NO2/c1-6(5-9(14)15)13-10-7(11)3-2-4-8(10)12/h2-5,13H,1H3,(H,14,15)/b6-5+. The Morgan fingerprint density at radius 1 is 1.40 bits per heavy atom. The Kier molecular flexibility index (Phi) is 3.38. The molecule has 0 fully saturated rings. The first-order chi connectivity index (χ1) is 7.00. The molecule has 1 aromatic carbocycles. The van der Waals surface area contributed by atoms with Gasteiger partial charge in [-0.05, 0) is 19.1 Å². The predicted octanol–water partition coefficient (Wildman–Crippen LogP) is 2.37. The second kappa shape index (κ2) is 4.54. The van der Waals surface area contributed by atoms with Crippen LogP contribution in [-0.2, 0) is 4.79 Å². The number of hydrogen-bond acceptors (Lipinski definition) is 2. The van der Waals surface area contributed by atoms with Gasteiger partial charge in [0.2, 0.25) is 0 Å². The first kappa shape index (κ1) is 11.2. The van der Waals surface area contributed by atoms with Crippen LogP contribution in [0.3, 0.4) is 0 Å². The van der Waals surface area contributed by atoms with Crippen LogP contribution in [0.2, 0.25) is 0 Å². The maximum Gasteiger partial charge on any atom is 0.330 e. The van der Waals surface area contributed by atoms with Crippen LogP contribution in [0.1, 0.15) is 6.92 Å². The molecule has 0 amide bonds. The number of rotatable bonds is 3. The summed E-state index contributed by atoms with van der Waals surface area (Å²) in [6.45, 7) is 1.40. The highest BCUT2D eigenvalue weighted by Crippen LogP contribution is 2.19. The topological polar surface area (TPSA) is 49.3 Å². The number of hydrogen-bond donors (Lipinski definition) is 2. The minimum absolute atomic E-state index is 0.145. The third kappa shape index (κ3) is 3.05. The summed E-state index contributed by atoms with van der Waals surface area (Å²) in [4.78, 5) is 10.3. The van der Waals surface area contributed by atoms with Crippen molar-refractivity contribution in [2.75, 3.05) is 5.32 Å². The summed E-state index contributed by atoms with van der Waals surface area (Å²) in [5.74, 6) is -2.72. The van der Waals surface area contributed by atoms with E-state index in [9.17, 15) is 13.6 Å². The van der Waals surface area contributed by atoms with E-state index < -0.39 is 17.6 Å². The lowest BCUT2D eigenvalue weighted by Crippen LogP contribution is -2.03. The minimum Gasteiger partial charge on any atom is -0.478 e. The van der Waals surface area contributed by atoms with Gasteiger partial charge >= 0.3 is 5.97 Å². The van der Waals surface area contributed by atoms with Crippen LogP contribution >= 0.6 is 0 Å². The van der Waals surface area contributed by atoms with Gasteiger partial charge in [-0.25, -0.2) is 13.6 Å². The molecule has 1 rings (SSSR count). The van der Waals surface area contributed by atoms with Gasteiger partial charge in [-0.1, -0.05) is 6.07 Å². The molecule has 15 heavy (non-hydrogen) atoms. The smallest absolute Gasteiger partial charge is 0.330 e. The van der Waals surface area contributed by atoms with Crippen molar-refractivity contribution < 1.29 is 18.7 Å². The van der Waals surface area contributed by atoms with Crippen LogP contribution in [0, 0.1) is 11.6 Å².